The Labute approximate surface area is 228 Å². The van der Waals surface area contributed by atoms with Gasteiger partial charge in [-0.1, -0.05) is 18.7 Å². The van der Waals surface area contributed by atoms with Gasteiger partial charge in [0.15, 0.2) is 0 Å². The molecule has 0 aliphatic rings. The van der Waals surface area contributed by atoms with E-state index in [1.54, 1.807) is 13.2 Å². The van der Waals surface area contributed by atoms with E-state index in [1.165, 1.54) is 30.6 Å². The minimum atomic E-state index is -0.525. The topological polar surface area (TPSA) is 124 Å². The third-order valence-corrected chi connectivity index (χ3v) is 5.65. The van der Waals surface area contributed by atoms with Gasteiger partial charge < -0.3 is 31.5 Å². The van der Waals surface area contributed by atoms with E-state index in [-0.39, 0.29) is 11.6 Å². The number of rotatable bonds is 12. The van der Waals surface area contributed by atoms with Crippen molar-refractivity contribution in [2.24, 2.45) is 10.7 Å². The smallest absolute Gasteiger partial charge is 0.247 e. The quantitative estimate of drug-likeness (QED) is 0.204. The number of aromatic nitrogens is 2. The summed E-state index contributed by atoms with van der Waals surface area (Å²) >= 11 is 0. The van der Waals surface area contributed by atoms with Gasteiger partial charge in [-0.2, -0.15) is 4.98 Å². The number of nitrogens with zero attached hydrogens (tertiary/aromatic N) is 5. The van der Waals surface area contributed by atoms with E-state index in [1.807, 2.05) is 45.4 Å². The van der Waals surface area contributed by atoms with Crippen LogP contribution in [-0.2, 0) is 4.79 Å². The first-order chi connectivity index (χ1) is 18.7. The lowest BCUT2D eigenvalue weighted by Gasteiger charge is -2.22. The minimum absolute atomic E-state index is 0.117. The van der Waals surface area contributed by atoms with Crippen molar-refractivity contribution in [2.75, 3.05) is 62.1 Å². The van der Waals surface area contributed by atoms with E-state index in [0.29, 0.717) is 22.8 Å². The SMILES string of the molecule is C=CC(=O)Nc1ccc(F)c(Nc2nc(N/C(C=NC)=C/N)ncc2-c2cccc(N(C)CCN(C)C)c2)c1. The maximum Gasteiger partial charge on any atom is 0.247 e. The molecule has 0 saturated heterocycles. The number of allylic oxidation sites excluding steroid dienone is 1. The second-order valence-corrected chi connectivity index (χ2v) is 8.88. The van der Waals surface area contributed by atoms with E-state index < -0.39 is 11.7 Å². The van der Waals surface area contributed by atoms with Crippen LogP contribution in [0, 0.1) is 5.82 Å². The highest BCUT2D eigenvalue weighted by molar-refractivity contribution is 5.99. The van der Waals surface area contributed by atoms with E-state index in [0.717, 1.165) is 30.4 Å². The highest BCUT2D eigenvalue weighted by atomic mass is 19.1. The van der Waals surface area contributed by atoms with Gasteiger partial charge in [0.25, 0.3) is 0 Å². The molecule has 39 heavy (non-hydrogen) atoms. The first-order valence-corrected chi connectivity index (χ1v) is 12.2. The summed E-state index contributed by atoms with van der Waals surface area (Å²) in [5.74, 6) is -0.357. The van der Waals surface area contributed by atoms with Crippen molar-refractivity contribution < 1.29 is 9.18 Å². The highest BCUT2D eigenvalue weighted by Crippen LogP contribution is 2.33. The Morgan fingerprint density at radius 1 is 1.15 bits per heavy atom. The van der Waals surface area contributed by atoms with Crippen LogP contribution in [-0.4, -0.2) is 68.3 Å². The summed E-state index contributed by atoms with van der Waals surface area (Å²) in [6.07, 6.45) is 5.66. The van der Waals surface area contributed by atoms with Gasteiger partial charge in [-0.15, -0.1) is 0 Å². The van der Waals surface area contributed by atoms with Gasteiger partial charge in [-0.05, 0) is 56.1 Å². The normalized spacial score (nSPS) is 11.5. The van der Waals surface area contributed by atoms with Crippen LogP contribution in [0.2, 0.25) is 0 Å². The molecule has 0 atom stereocenters. The number of aliphatic imine (C=N–C) groups is 1. The van der Waals surface area contributed by atoms with Gasteiger partial charge in [0.05, 0.1) is 11.4 Å². The maximum absolute atomic E-state index is 14.9. The molecule has 0 spiro atoms. The summed E-state index contributed by atoms with van der Waals surface area (Å²) in [6.45, 7) is 5.18. The predicted octanol–water partition coefficient (Wildman–Crippen LogP) is 4.06. The van der Waals surface area contributed by atoms with Crippen LogP contribution >= 0.6 is 0 Å². The first-order valence-electron chi connectivity index (χ1n) is 12.2. The largest absolute Gasteiger partial charge is 0.403 e. The highest BCUT2D eigenvalue weighted by Gasteiger charge is 2.15. The Balaban J connectivity index is 2.05. The molecule has 0 unspecified atom stereocenters. The number of hydrogen-bond acceptors (Lipinski definition) is 9. The molecular weight excluding hydrogens is 497 g/mol. The van der Waals surface area contributed by atoms with Crippen molar-refractivity contribution in [3.8, 4) is 11.1 Å². The van der Waals surface area contributed by atoms with Gasteiger partial charge in [0.2, 0.25) is 11.9 Å². The second-order valence-electron chi connectivity index (χ2n) is 8.88. The lowest BCUT2D eigenvalue weighted by atomic mass is 10.1. The molecule has 204 valence electrons. The number of amides is 1. The molecule has 2 aromatic carbocycles. The molecule has 10 nitrogen and oxygen atoms in total. The molecule has 11 heteroatoms. The Morgan fingerprint density at radius 2 is 1.95 bits per heavy atom. The van der Waals surface area contributed by atoms with Gasteiger partial charge in [-0.3, -0.25) is 9.79 Å². The molecule has 0 radical (unpaired) electrons. The average molecular weight is 532 g/mol. The van der Waals surface area contributed by atoms with Crippen molar-refractivity contribution in [1.82, 2.24) is 14.9 Å². The number of anilines is 5. The van der Waals surface area contributed by atoms with Crippen molar-refractivity contribution in [3.05, 3.63) is 79.0 Å². The van der Waals surface area contributed by atoms with Crippen LogP contribution in [0.4, 0.5) is 33.2 Å². The van der Waals surface area contributed by atoms with Crippen molar-refractivity contribution in [2.45, 2.75) is 0 Å². The molecule has 0 aliphatic heterocycles. The number of benzene rings is 2. The molecule has 0 aliphatic carbocycles. The van der Waals surface area contributed by atoms with Gasteiger partial charge >= 0.3 is 0 Å². The zero-order chi connectivity index (χ0) is 28.4. The molecule has 1 aromatic heterocycles. The number of carbonyl (C=O) groups is 1. The summed E-state index contributed by atoms with van der Waals surface area (Å²) in [6, 6.07) is 12.1. The predicted molar refractivity (Wildman–Crippen MR) is 158 cm³/mol. The number of nitrogens with one attached hydrogen (secondary N) is 3. The Kier molecular flexibility index (Phi) is 10.1. The Hall–Kier alpha value is -4.77. The van der Waals surface area contributed by atoms with Crippen LogP contribution in [0.5, 0.6) is 0 Å². The Morgan fingerprint density at radius 3 is 2.64 bits per heavy atom. The molecular formula is C28H34FN9O. The first kappa shape index (κ1) is 28.8. The molecule has 1 heterocycles. The van der Waals surface area contributed by atoms with Crippen LogP contribution in [0.3, 0.4) is 0 Å². The number of halogens is 1. The molecule has 0 saturated carbocycles. The molecule has 0 fully saturated rings. The number of carbonyl (C=O) groups excluding carboxylic acids is 1. The number of likely N-dealkylation sites (N-methyl/N-ethyl adjacent to an activating group) is 2. The monoisotopic (exact) mass is 531 g/mol. The third-order valence-electron chi connectivity index (χ3n) is 5.65. The summed E-state index contributed by atoms with van der Waals surface area (Å²) in [4.78, 5) is 29.1. The average Bonchev–Trinajstić information content (AvgIpc) is 2.93. The fourth-order valence-corrected chi connectivity index (χ4v) is 3.54. The molecule has 1 amide bonds. The van der Waals surface area contributed by atoms with E-state index in [2.05, 4.69) is 47.3 Å². The zero-order valence-corrected chi connectivity index (χ0v) is 22.6. The third kappa shape index (κ3) is 8.11. The van der Waals surface area contributed by atoms with Crippen molar-refractivity contribution in [1.29, 1.82) is 0 Å². The van der Waals surface area contributed by atoms with E-state index in [9.17, 15) is 9.18 Å². The summed E-state index contributed by atoms with van der Waals surface area (Å²) < 4.78 is 14.9. The van der Waals surface area contributed by atoms with E-state index in [4.69, 9.17) is 5.73 Å². The van der Waals surface area contributed by atoms with Crippen LogP contribution < -0.4 is 26.6 Å². The van der Waals surface area contributed by atoms with Crippen LogP contribution in [0.15, 0.2) is 78.2 Å². The maximum atomic E-state index is 14.9. The van der Waals surface area contributed by atoms with Crippen LogP contribution in [0.25, 0.3) is 11.1 Å². The second kappa shape index (κ2) is 13.7. The lowest BCUT2D eigenvalue weighted by Crippen LogP contribution is -2.28. The van der Waals surface area contributed by atoms with Crippen molar-refractivity contribution >= 4 is 41.0 Å². The number of nitrogens with two attached hydrogens (primary N) is 1. The molecule has 5 N–H and O–H groups in total. The molecule has 3 rings (SSSR count). The fraction of sp³-hybridized carbons (Fsp3) is 0.214. The standard InChI is InChI=1S/C28H34FN9O/c1-6-26(39)33-20-10-11-24(29)25(15-20)35-27-23(18-32-28(36-27)34-21(16-30)17-31-2)19-8-7-9-22(14-19)38(5)13-12-37(3)4/h6-11,14-18H,1,12-13,30H2,2-5H3,(H,33,39)(H2,32,34,35,36)/b21-16+,31-17?. The summed E-state index contributed by atoms with van der Waals surface area (Å²) in [5.41, 5.74) is 9.17. The van der Waals surface area contributed by atoms with Crippen LogP contribution in [0.1, 0.15) is 0 Å². The lowest BCUT2D eigenvalue weighted by molar-refractivity contribution is -0.111. The summed E-state index contributed by atoms with van der Waals surface area (Å²) in [5, 5.41) is 8.71. The Bertz CT molecular complexity index is 1370. The van der Waals surface area contributed by atoms with Crippen molar-refractivity contribution in [3.63, 3.8) is 0 Å². The molecule has 0 bridgehead atoms. The summed E-state index contributed by atoms with van der Waals surface area (Å²) in [7, 11) is 7.71. The van der Waals surface area contributed by atoms with Gasteiger partial charge in [0, 0.05) is 62.7 Å². The zero-order valence-electron chi connectivity index (χ0n) is 22.6. The number of hydrogen-bond donors (Lipinski definition) is 4. The fourth-order valence-electron chi connectivity index (χ4n) is 3.54. The minimum Gasteiger partial charge on any atom is -0.403 e. The van der Waals surface area contributed by atoms with Gasteiger partial charge in [-0.25, -0.2) is 9.37 Å². The van der Waals surface area contributed by atoms with Gasteiger partial charge in [0.1, 0.15) is 11.6 Å². The molecule has 3 aromatic rings. The van der Waals surface area contributed by atoms with E-state index >= 15 is 0 Å².